The van der Waals surface area contributed by atoms with Crippen LogP contribution in [0, 0.1) is 5.92 Å². The Labute approximate surface area is 107 Å². The van der Waals surface area contributed by atoms with Gasteiger partial charge in [-0.2, -0.15) is 0 Å². The molecule has 0 saturated heterocycles. The Morgan fingerprint density at radius 3 is 2.82 bits per heavy atom. The quantitative estimate of drug-likeness (QED) is 0.499. The molecule has 94 valence electrons. The molecule has 1 nitrogen and oxygen atoms in total. The van der Waals surface area contributed by atoms with Crippen LogP contribution in [-0.2, 0) is 0 Å². The molecule has 0 fully saturated rings. The lowest BCUT2D eigenvalue weighted by Gasteiger charge is -2.17. The van der Waals surface area contributed by atoms with Crippen molar-refractivity contribution in [2.24, 2.45) is 5.92 Å². The first-order valence-corrected chi connectivity index (χ1v) is 6.86. The molecule has 0 radical (unpaired) electrons. The maximum atomic E-state index is 4.18. The molecule has 1 aliphatic heterocycles. The average molecular weight is 231 g/mol. The van der Waals surface area contributed by atoms with Crippen molar-refractivity contribution in [3.8, 4) is 0 Å². The molecule has 1 unspecified atom stereocenters. The van der Waals surface area contributed by atoms with Crippen molar-refractivity contribution in [1.82, 2.24) is 5.32 Å². The van der Waals surface area contributed by atoms with Gasteiger partial charge in [-0.05, 0) is 38.7 Å². The molecule has 1 atom stereocenters. The summed E-state index contributed by atoms with van der Waals surface area (Å²) in [5.74, 6) is 0.774. The molecule has 0 aliphatic carbocycles. The van der Waals surface area contributed by atoms with E-state index in [0.29, 0.717) is 0 Å². The second-order valence-electron chi connectivity index (χ2n) is 5.17. The molecule has 0 aromatic heterocycles. The van der Waals surface area contributed by atoms with Gasteiger partial charge in [0.1, 0.15) is 0 Å². The molecule has 1 rings (SSSR count). The van der Waals surface area contributed by atoms with Gasteiger partial charge in [0.2, 0.25) is 0 Å². The number of rotatable bonds is 8. The zero-order chi connectivity index (χ0) is 12.7. The lowest BCUT2D eigenvalue weighted by Crippen LogP contribution is -2.13. The Hall–Kier alpha value is -0.755. The molecule has 0 spiro atoms. The van der Waals surface area contributed by atoms with Crippen molar-refractivity contribution in [2.45, 2.75) is 39.4 Å². The van der Waals surface area contributed by atoms with Crippen LogP contribution >= 0.6 is 0 Å². The van der Waals surface area contributed by atoms with E-state index < -0.39 is 0 Å². The van der Waals surface area contributed by atoms with Gasteiger partial charge in [-0.3, -0.25) is 0 Å². The highest BCUT2D eigenvalue weighted by Gasteiger charge is 2.11. The summed E-state index contributed by atoms with van der Waals surface area (Å²) in [7, 11) is 3.30. The fourth-order valence-corrected chi connectivity index (χ4v) is 2.20. The van der Waals surface area contributed by atoms with E-state index in [1.54, 1.807) is 5.47 Å². The lowest BCUT2D eigenvalue weighted by molar-refractivity contribution is 0.461. The van der Waals surface area contributed by atoms with Gasteiger partial charge in [0.25, 0.3) is 0 Å². The third-order valence-corrected chi connectivity index (χ3v) is 3.77. The number of hydrogen-bond donors (Lipinski definition) is 1. The molecule has 0 bridgehead atoms. The minimum Gasteiger partial charge on any atom is -0.320 e. The molecular weight excluding hydrogens is 205 g/mol. The maximum Gasteiger partial charge on any atom is 0.156 e. The van der Waals surface area contributed by atoms with Gasteiger partial charge in [-0.25, -0.2) is 0 Å². The molecule has 0 saturated carbocycles. The summed E-state index contributed by atoms with van der Waals surface area (Å²) in [6.45, 7) is 9.79. The summed E-state index contributed by atoms with van der Waals surface area (Å²) >= 11 is 0. The highest BCUT2D eigenvalue weighted by atomic mass is 14.8. The third-order valence-electron chi connectivity index (χ3n) is 3.77. The first-order chi connectivity index (χ1) is 8.17. The normalized spacial score (nSPS) is 16.9. The van der Waals surface area contributed by atoms with E-state index in [0.717, 1.165) is 18.9 Å². The van der Waals surface area contributed by atoms with Crippen LogP contribution in [-0.4, -0.2) is 20.9 Å². The highest BCUT2D eigenvalue weighted by Crippen LogP contribution is 2.23. The van der Waals surface area contributed by atoms with Crippen LogP contribution in [0.1, 0.15) is 33.1 Å². The van der Waals surface area contributed by atoms with Gasteiger partial charge in [-0.15, -0.1) is 5.47 Å². The number of hydrogen-bond acceptors (Lipinski definition) is 1. The van der Waals surface area contributed by atoms with E-state index in [4.69, 9.17) is 0 Å². The summed E-state index contributed by atoms with van der Waals surface area (Å²) in [6.07, 6.45) is 9.39. The fourth-order valence-electron chi connectivity index (χ4n) is 2.20. The molecule has 2 heteroatoms. The van der Waals surface area contributed by atoms with Gasteiger partial charge in [0.05, 0.1) is 0 Å². The van der Waals surface area contributed by atoms with E-state index in [1.807, 2.05) is 7.05 Å². The summed E-state index contributed by atoms with van der Waals surface area (Å²) < 4.78 is 0. The van der Waals surface area contributed by atoms with Crippen molar-refractivity contribution in [2.75, 3.05) is 13.6 Å². The largest absolute Gasteiger partial charge is 0.320 e. The molecule has 0 aromatic carbocycles. The number of nitrogens with one attached hydrogen (secondary N) is 1. The van der Waals surface area contributed by atoms with Crippen LogP contribution in [0.2, 0.25) is 6.32 Å². The maximum absolute atomic E-state index is 4.18. The van der Waals surface area contributed by atoms with Gasteiger partial charge in [0, 0.05) is 0 Å². The van der Waals surface area contributed by atoms with Gasteiger partial charge < -0.3 is 5.32 Å². The van der Waals surface area contributed by atoms with Crippen molar-refractivity contribution in [1.29, 1.82) is 0 Å². The summed E-state index contributed by atoms with van der Waals surface area (Å²) in [5, 5.41) is 3.22. The van der Waals surface area contributed by atoms with Gasteiger partial charge >= 0.3 is 0 Å². The van der Waals surface area contributed by atoms with E-state index in [2.05, 4.69) is 37.9 Å². The highest BCUT2D eigenvalue weighted by molar-refractivity contribution is 6.51. The van der Waals surface area contributed by atoms with E-state index in [-0.39, 0.29) is 0 Å². The molecular formula is C15H26BN. The monoisotopic (exact) mass is 231 g/mol. The number of allylic oxidation sites excluding steroid dienone is 5. The summed E-state index contributed by atoms with van der Waals surface area (Å²) in [5.41, 5.74) is 4.35. The van der Waals surface area contributed by atoms with Crippen LogP contribution < -0.4 is 5.32 Å². The Balaban J connectivity index is 2.34. The smallest absolute Gasteiger partial charge is 0.156 e. The second-order valence-corrected chi connectivity index (χ2v) is 5.17. The summed E-state index contributed by atoms with van der Waals surface area (Å²) in [6, 6.07) is 0. The molecule has 0 aromatic rings. The SMILES string of the molecule is C=C(/C=C\C1=C(C)BC1)CC(CC)CCNC. The topological polar surface area (TPSA) is 12.0 Å². The fraction of sp³-hybridized carbons (Fsp3) is 0.600. The Kier molecular flexibility index (Phi) is 6.35. The Morgan fingerprint density at radius 1 is 1.59 bits per heavy atom. The second kappa shape index (κ2) is 7.55. The Bertz CT molecular complexity index is 315. The van der Waals surface area contributed by atoms with Crippen LogP contribution in [0.4, 0.5) is 0 Å². The lowest BCUT2D eigenvalue weighted by atomic mass is 9.53. The standard InChI is InChI=1S/C15H26BN/c1-5-14(8-9-17-4)10-12(2)6-7-15-11-16-13(15)3/h6-7,14,16-17H,2,5,8-11H2,1,3-4H3/b7-6-. The van der Waals surface area contributed by atoms with E-state index in [9.17, 15) is 0 Å². The minimum atomic E-state index is 0.774. The Morgan fingerprint density at radius 2 is 2.35 bits per heavy atom. The minimum absolute atomic E-state index is 0.774. The van der Waals surface area contributed by atoms with Crippen molar-refractivity contribution in [3.63, 3.8) is 0 Å². The molecule has 1 N–H and O–H groups in total. The van der Waals surface area contributed by atoms with Gasteiger partial charge in [-0.1, -0.05) is 50.1 Å². The first kappa shape index (κ1) is 14.3. The van der Waals surface area contributed by atoms with Crippen molar-refractivity contribution in [3.05, 3.63) is 35.3 Å². The molecule has 1 heterocycles. The molecule has 0 amide bonds. The van der Waals surface area contributed by atoms with E-state index >= 15 is 0 Å². The van der Waals surface area contributed by atoms with E-state index in [1.165, 1.54) is 37.6 Å². The summed E-state index contributed by atoms with van der Waals surface area (Å²) in [4.78, 5) is 0. The van der Waals surface area contributed by atoms with Crippen molar-refractivity contribution < 1.29 is 0 Å². The predicted octanol–water partition coefficient (Wildman–Crippen LogP) is 3.27. The first-order valence-electron chi connectivity index (χ1n) is 6.86. The van der Waals surface area contributed by atoms with Gasteiger partial charge in [0.15, 0.2) is 7.28 Å². The van der Waals surface area contributed by atoms with Crippen LogP contribution in [0.3, 0.4) is 0 Å². The van der Waals surface area contributed by atoms with Crippen LogP contribution in [0.15, 0.2) is 35.3 Å². The third kappa shape index (κ3) is 4.95. The van der Waals surface area contributed by atoms with Crippen LogP contribution in [0.25, 0.3) is 0 Å². The van der Waals surface area contributed by atoms with Crippen LogP contribution in [0.5, 0.6) is 0 Å². The predicted molar refractivity (Wildman–Crippen MR) is 79.9 cm³/mol. The average Bonchev–Trinajstić information content (AvgIpc) is 2.32. The molecule has 1 aliphatic rings. The van der Waals surface area contributed by atoms with Crippen molar-refractivity contribution >= 4 is 7.28 Å². The molecule has 17 heavy (non-hydrogen) atoms. The zero-order valence-electron chi connectivity index (χ0n) is 11.7. The zero-order valence-corrected chi connectivity index (χ0v) is 11.7.